The van der Waals surface area contributed by atoms with Crippen molar-refractivity contribution in [2.45, 2.75) is 0 Å². The van der Waals surface area contributed by atoms with Crippen molar-refractivity contribution in [2.24, 2.45) is 0 Å². The number of rotatable bonds is 5. The van der Waals surface area contributed by atoms with Crippen molar-refractivity contribution in [1.82, 2.24) is 15.5 Å². The topological polar surface area (TPSA) is 90.9 Å². The molecule has 0 radical (unpaired) electrons. The van der Waals surface area contributed by atoms with Gasteiger partial charge >= 0.3 is 6.03 Å². The van der Waals surface area contributed by atoms with Crippen LogP contribution in [-0.2, 0) is 0 Å². The number of hydrogen-bond donors (Lipinski definition) is 3. The number of benzene rings is 1. The minimum Gasteiger partial charge on any atom is -0.507 e. The lowest BCUT2D eigenvalue weighted by molar-refractivity contribution is 0.0951. The molecule has 20 heavy (non-hydrogen) atoms. The maximum Gasteiger partial charge on any atom is 0.316 e. The van der Waals surface area contributed by atoms with Crippen LogP contribution < -0.4 is 15.4 Å². The Morgan fingerprint density at radius 3 is 2.45 bits per heavy atom. The summed E-state index contributed by atoms with van der Waals surface area (Å²) in [7, 11) is 4.73. The van der Waals surface area contributed by atoms with E-state index in [9.17, 15) is 14.7 Å². The summed E-state index contributed by atoms with van der Waals surface area (Å²) in [4.78, 5) is 24.4. The molecule has 7 heteroatoms. The maximum atomic E-state index is 11.8. The summed E-state index contributed by atoms with van der Waals surface area (Å²) in [6.07, 6.45) is 0. The van der Waals surface area contributed by atoms with Crippen LogP contribution in [0.4, 0.5) is 4.79 Å². The lowest BCUT2D eigenvalue weighted by Crippen LogP contribution is -2.39. The number of nitrogens with one attached hydrogen (secondary N) is 2. The van der Waals surface area contributed by atoms with Gasteiger partial charge < -0.3 is 25.4 Å². The van der Waals surface area contributed by atoms with Crippen LogP contribution in [0.25, 0.3) is 0 Å². The Balaban J connectivity index is 2.45. The molecule has 110 valence electrons. The van der Waals surface area contributed by atoms with E-state index in [0.29, 0.717) is 12.3 Å². The number of carbonyl (C=O) groups is 2. The average molecular weight is 281 g/mol. The summed E-state index contributed by atoms with van der Waals surface area (Å²) >= 11 is 0. The monoisotopic (exact) mass is 281 g/mol. The molecule has 0 aromatic heterocycles. The number of ether oxygens (including phenoxy) is 1. The predicted octanol–water partition coefficient (Wildman–Crippen LogP) is 0.402. The fourth-order valence-corrected chi connectivity index (χ4v) is 1.43. The highest BCUT2D eigenvalue weighted by atomic mass is 16.5. The molecule has 0 fully saturated rings. The Morgan fingerprint density at radius 1 is 1.25 bits per heavy atom. The molecule has 0 unspecified atom stereocenters. The van der Waals surface area contributed by atoms with Crippen LogP contribution in [0.15, 0.2) is 18.2 Å². The molecule has 0 saturated heterocycles. The molecule has 3 amide bonds. The van der Waals surface area contributed by atoms with Crippen LogP contribution in [-0.4, -0.2) is 56.2 Å². The van der Waals surface area contributed by atoms with Gasteiger partial charge in [-0.15, -0.1) is 0 Å². The number of methoxy groups -OCH3 is 1. The second kappa shape index (κ2) is 7.22. The molecule has 1 aromatic carbocycles. The molecule has 7 nitrogen and oxygen atoms in total. The number of phenols is 1. The molecular weight excluding hydrogens is 262 g/mol. The van der Waals surface area contributed by atoms with E-state index in [1.807, 2.05) is 0 Å². The van der Waals surface area contributed by atoms with Gasteiger partial charge in [-0.25, -0.2) is 4.79 Å². The second-order valence-electron chi connectivity index (χ2n) is 4.27. The Morgan fingerprint density at radius 2 is 1.90 bits per heavy atom. The zero-order chi connectivity index (χ0) is 15.1. The number of hydrogen-bond acceptors (Lipinski definition) is 4. The van der Waals surface area contributed by atoms with Gasteiger partial charge in [0.05, 0.1) is 12.7 Å². The third kappa shape index (κ3) is 4.34. The van der Waals surface area contributed by atoms with Crippen LogP contribution >= 0.6 is 0 Å². The molecular formula is C13H19N3O4. The van der Waals surface area contributed by atoms with Crippen molar-refractivity contribution >= 4 is 11.9 Å². The molecule has 0 aliphatic rings. The molecule has 0 aliphatic carbocycles. The van der Waals surface area contributed by atoms with E-state index < -0.39 is 5.91 Å². The summed E-state index contributed by atoms with van der Waals surface area (Å²) < 4.78 is 4.93. The lowest BCUT2D eigenvalue weighted by atomic mass is 10.2. The highest BCUT2D eigenvalue weighted by Gasteiger charge is 2.11. The average Bonchev–Trinajstić information content (AvgIpc) is 2.42. The number of nitrogens with zero attached hydrogens (tertiary/aromatic N) is 1. The third-order valence-corrected chi connectivity index (χ3v) is 2.54. The van der Waals surface area contributed by atoms with Crippen molar-refractivity contribution < 1.29 is 19.4 Å². The quantitative estimate of drug-likeness (QED) is 0.681. The van der Waals surface area contributed by atoms with Crippen LogP contribution in [0.3, 0.4) is 0 Å². The number of carbonyl (C=O) groups excluding carboxylic acids is 2. The summed E-state index contributed by atoms with van der Waals surface area (Å²) in [6, 6.07) is 4.19. The van der Waals surface area contributed by atoms with Crippen molar-refractivity contribution in [2.75, 3.05) is 34.3 Å². The smallest absolute Gasteiger partial charge is 0.316 e. The van der Waals surface area contributed by atoms with Gasteiger partial charge in [0.1, 0.15) is 11.5 Å². The SMILES string of the molecule is COc1ccc(C(=O)NCCNC(=O)N(C)C)c(O)c1. The van der Waals surface area contributed by atoms with E-state index in [0.717, 1.165) is 0 Å². The summed E-state index contributed by atoms with van der Waals surface area (Å²) in [6.45, 7) is 0.573. The molecule has 0 aliphatic heterocycles. The Bertz CT molecular complexity index is 489. The first kappa shape index (κ1) is 15.6. The molecule has 0 bridgehead atoms. The summed E-state index contributed by atoms with van der Waals surface area (Å²) in [5, 5.41) is 14.9. The summed E-state index contributed by atoms with van der Waals surface area (Å²) in [5.74, 6) is -0.0965. The van der Waals surface area contributed by atoms with Crippen molar-refractivity contribution in [3.8, 4) is 11.5 Å². The van der Waals surface area contributed by atoms with Crippen molar-refractivity contribution in [3.05, 3.63) is 23.8 Å². The number of aromatic hydroxyl groups is 1. The van der Waals surface area contributed by atoms with Gasteiger partial charge in [-0.2, -0.15) is 0 Å². The molecule has 0 heterocycles. The van der Waals surface area contributed by atoms with Gasteiger partial charge in [0.2, 0.25) is 0 Å². The van der Waals surface area contributed by atoms with Gasteiger partial charge in [-0.05, 0) is 12.1 Å². The molecule has 1 rings (SSSR count). The first-order chi connectivity index (χ1) is 9.45. The maximum absolute atomic E-state index is 11.8. The Kier molecular flexibility index (Phi) is 5.64. The highest BCUT2D eigenvalue weighted by Crippen LogP contribution is 2.22. The lowest BCUT2D eigenvalue weighted by Gasteiger charge is -2.12. The van der Waals surface area contributed by atoms with Crippen molar-refractivity contribution in [1.29, 1.82) is 0 Å². The molecule has 0 spiro atoms. The van der Waals surface area contributed by atoms with E-state index in [4.69, 9.17) is 4.74 Å². The van der Waals surface area contributed by atoms with Crippen LogP contribution in [0.2, 0.25) is 0 Å². The van der Waals surface area contributed by atoms with Gasteiger partial charge in [0, 0.05) is 33.3 Å². The number of amides is 3. The fourth-order valence-electron chi connectivity index (χ4n) is 1.43. The fraction of sp³-hybridized carbons (Fsp3) is 0.385. The van der Waals surface area contributed by atoms with Gasteiger partial charge in [0.25, 0.3) is 5.91 Å². The van der Waals surface area contributed by atoms with Crippen LogP contribution in [0.5, 0.6) is 11.5 Å². The third-order valence-electron chi connectivity index (χ3n) is 2.54. The zero-order valence-corrected chi connectivity index (χ0v) is 11.8. The standard InChI is InChI=1S/C13H19N3O4/c1-16(2)13(19)15-7-6-14-12(18)10-5-4-9(20-3)8-11(10)17/h4-5,8,17H,6-7H2,1-3H3,(H,14,18)(H,15,19). The minimum absolute atomic E-state index is 0.154. The molecule has 0 saturated carbocycles. The van der Waals surface area contributed by atoms with E-state index in [1.54, 1.807) is 20.2 Å². The Hall–Kier alpha value is -2.44. The minimum atomic E-state index is -0.413. The van der Waals surface area contributed by atoms with E-state index in [1.165, 1.54) is 24.1 Å². The number of phenolic OH excluding ortho intramolecular Hbond substituents is 1. The molecule has 3 N–H and O–H groups in total. The van der Waals surface area contributed by atoms with Crippen LogP contribution in [0, 0.1) is 0 Å². The van der Waals surface area contributed by atoms with Gasteiger partial charge in [-0.1, -0.05) is 0 Å². The van der Waals surface area contributed by atoms with E-state index in [2.05, 4.69) is 10.6 Å². The number of urea groups is 1. The Labute approximate surface area is 117 Å². The zero-order valence-electron chi connectivity index (χ0n) is 11.8. The van der Waals surface area contributed by atoms with E-state index in [-0.39, 0.29) is 23.9 Å². The largest absolute Gasteiger partial charge is 0.507 e. The summed E-state index contributed by atoms with van der Waals surface area (Å²) in [5.41, 5.74) is 0.157. The van der Waals surface area contributed by atoms with E-state index >= 15 is 0 Å². The first-order valence-corrected chi connectivity index (χ1v) is 6.06. The molecule has 1 aromatic rings. The van der Waals surface area contributed by atoms with Crippen molar-refractivity contribution in [3.63, 3.8) is 0 Å². The highest BCUT2D eigenvalue weighted by molar-refractivity contribution is 5.97. The predicted molar refractivity (Wildman–Crippen MR) is 74.1 cm³/mol. The second-order valence-corrected chi connectivity index (χ2v) is 4.27. The first-order valence-electron chi connectivity index (χ1n) is 6.06. The molecule has 0 atom stereocenters. The van der Waals surface area contributed by atoms with Crippen LogP contribution in [0.1, 0.15) is 10.4 Å². The normalized spacial score (nSPS) is 9.75. The van der Waals surface area contributed by atoms with Gasteiger partial charge in [0.15, 0.2) is 0 Å². The van der Waals surface area contributed by atoms with Gasteiger partial charge in [-0.3, -0.25) is 4.79 Å².